The van der Waals surface area contributed by atoms with Gasteiger partial charge in [-0.2, -0.15) is 0 Å². The van der Waals surface area contributed by atoms with Gasteiger partial charge in [-0.15, -0.1) is 11.3 Å². The first-order chi connectivity index (χ1) is 8.20. The second kappa shape index (κ2) is 5.29. The molecule has 1 aromatic rings. The lowest BCUT2D eigenvalue weighted by atomic mass is 10.2. The Hall–Kier alpha value is -1.40. The number of carbonyl (C=O) groups is 1. The molecule has 0 aromatic carbocycles. The molecule has 1 fully saturated rings. The Morgan fingerprint density at radius 1 is 1.53 bits per heavy atom. The first-order valence-corrected chi connectivity index (χ1v) is 6.19. The molecule has 0 radical (unpaired) electrons. The van der Waals surface area contributed by atoms with E-state index in [2.05, 4.69) is 15.6 Å². The van der Waals surface area contributed by atoms with E-state index in [1.165, 1.54) is 4.88 Å². The van der Waals surface area contributed by atoms with Gasteiger partial charge in [-0.25, -0.2) is 0 Å². The van der Waals surface area contributed by atoms with E-state index in [0.717, 1.165) is 4.88 Å². The fourth-order valence-corrected chi connectivity index (χ4v) is 2.50. The second-order valence-electron chi connectivity index (χ2n) is 3.74. The van der Waals surface area contributed by atoms with Crippen LogP contribution in [0, 0.1) is 6.92 Å². The monoisotopic (exact) mass is 253 g/mol. The number of thiophene rings is 1. The third-order valence-corrected chi connectivity index (χ3v) is 3.46. The lowest BCUT2D eigenvalue weighted by Gasteiger charge is -2.03. The van der Waals surface area contributed by atoms with Crippen LogP contribution in [0.4, 0.5) is 0 Å². The van der Waals surface area contributed by atoms with E-state index in [1.807, 2.05) is 19.1 Å². The molecule has 5 nitrogen and oxygen atoms in total. The minimum atomic E-state index is -0.310. The average Bonchev–Trinajstić information content (AvgIpc) is 2.85. The Kier molecular flexibility index (Phi) is 3.75. The summed E-state index contributed by atoms with van der Waals surface area (Å²) >= 11 is 1.62. The van der Waals surface area contributed by atoms with Crippen LogP contribution >= 0.6 is 11.3 Å². The SMILES string of the molecule is COCCN=C1NC(=O)C(c2ccc(C)s2)N1. The molecule has 2 heterocycles. The summed E-state index contributed by atoms with van der Waals surface area (Å²) in [7, 11) is 1.62. The minimum absolute atomic E-state index is 0.0528. The van der Waals surface area contributed by atoms with Gasteiger partial charge in [0.15, 0.2) is 5.96 Å². The molecule has 1 unspecified atom stereocenters. The van der Waals surface area contributed by atoms with Crippen LogP contribution in [0.3, 0.4) is 0 Å². The van der Waals surface area contributed by atoms with Gasteiger partial charge < -0.3 is 10.1 Å². The number of amides is 1. The van der Waals surface area contributed by atoms with E-state index in [0.29, 0.717) is 19.1 Å². The predicted octanol–water partition coefficient (Wildman–Crippen LogP) is 0.819. The summed E-state index contributed by atoms with van der Waals surface area (Å²) < 4.78 is 4.90. The second-order valence-corrected chi connectivity index (χ2v) is 5.06. The third-order valence-electron chi connectivity index (χ3n) is 2.40. The highest BCUT2D eigenvalue weighted by atomic mass is 32.1. The van der Waals surface area contributed by atoms with Crippen molar-refractivity contribution < 1.29 is 9.53 Å². The van der Waals surface area contributed by atoms with Gasteiger partial charge in [-0.05, 0) is 19.1 Å². The van der Waals surface area contributed by atoms with Gasteiger partial charge in [0.25, 0.3) is 5.91 Å². The Morgan fingerprint density at radius 2 is 2.35 bits per heavy atom. The number of guanidine groups is 1. The topological polar surface area (TPSA) is 62.7 Å². The van der Waals surface area contributed by atoms with Gasteiger partial charge in [0, 0.05) is 16.9 Å². The summed E-state index contributed by atoms with van der Waals surface area (Å²) in [5.41, 5.74) is 0. The number of hydrogen-bond acceptors (Lipinski definition) is 4. The molecular formula is C11H15N3O2S. The van der Waals surface area contributed by atoms with Crippen molar-refractivity contribution in [3.8, 4) is 0 Å². The Balaban J connectivity index is 2.02. The molecule has 0 bridgehead atoms. The molecule has 1 aliphatic rings. The molecule has 17 heavy (non-hydrogen) atoms. The van der Waals surface area contributed by atoms with Gasteiger partial charge in [0.05, 0.1) is 13.2 Å². The van der Waals surface area contributed by atoms with Crippen molar-refractivity contribution in [3.05, 3.63) is 21.9 Å². The Bertz CT molecular complexity index is 442. The molecule has 0 saturated carbocycles. The van der Waals surface area contributed by atoms with Gasteiger partial charge in [-0.3, -0.25) is 15.1 Å². The lowest BCUT2D eigenvalue weighted by Crippen LogP contribution is -2.26. The van der Waals surface area contributed by atoms with Crippen molar-refractivity contribution in [3.63, 3.8) is 0 Å². The predicted molar refractivity (Wildman–Crippen MR) is 67.3 cm³/mol. The Labute approximate surface area is 104 Å². The molecule has 2 rings (SSSR count). The largest absolute Gasteiger partial charge is 0.383 e. The highest BCUT2D eigenvalue weighted by Gasteiger charge is 2.30. The lowest BCUT2D eigenvalue weighted by molar-refractivity contribution is -0.120. The molecule has 1 amide bonds. The van der Waals surface area contributed by atoms with Crippen LogP contribution in [0.15, 0.2) is 17.1 Å². The zero-order valence-electron chi connectivity index (χ0n) is 9.82. The molecule has 92 valence electrons. The maximum Gasteiger partial charge on any atom is 0.254 e. The number of rotatable bonds is 4. The van der Waals surface area contributed by atoms with E-state index in [4.69, 9.17) is 4.74 Å². The number of methoxy groups -OCH3 is 1. The maximum atomic E-state index is 11.7. The molecule has 2 N–H and O–H groups in total. The molecule has 6 heteroatoms. The molecule has 1 atom stereocenters. The highest BCUT2D eigenvalue weighted by Crippen LogP contribution is 2.24. The average molecular weight is 253 g/mol. The number of nitrogens with one attached hydrogen (secondary N) is 2. The van der Waals surface area contributed by atoms with Crippen molar-refractivity contribution in [2.45, 2.75) is 13.0 Å². The number of aliphatic imine (C=N–C) groups is 1. The zero-order chi connectivity index (χ0) is 12.3. The summed E-state index contributed by atoms with van der Waals surface area (Å²) in [6.45, 7) is 3.10. The van der Waals surface area contributed by atoms with E-state index in [9.17, 15) is 4.79 Å². The number of hydrogen-bond donors (Lipinski definition) is 2. The van der Waals surface area contributed by atoms with Crippen molar-refractivity contribution in [1.29, 1.82) is 0 Å². The summed E-state index contributed by atoms with van der Waals surface area (Å²) in [5, 5.41) is 5.80. The smallest absolute Gasteiger partial charge is 0.254 e. The van der Waals surface area contributed by atoms with Crippen LogP contribution in [0.2, 0.25) is 0 Å². The first-order valence-electron chi connectivity index (χ1n) is 5.38. The highest BCUT2D eigenvalue weighted by molar-refractivity contribution is 7.12. The zero-order valence-corrected chi connectivity index (χ0v) is 10.6. The number of ether oxygens (including phenoxy) is 1. The fraction of sp³-hybridized carbons (Fsp3) is 0.455. The molecule has 1 aliphatic heterocycles. The van der Waals surface area contributed by atoms with E-state index >= 15 is 0 Å². The van der Waals surface area contributed by atoms with Crippen molar-refractivity contribution in [2.75, 3.05) is 20.3 Å². The van der Waals surface area contributed by atoms with E-state index in [1.54, 1.807) is 18.4 Å². The van der Waals surface area contributed by atoms with Gasteiger partial charge in [-0.1, -0.05) is 0 Å². The summed E-state index contributed by atoms with van der Waals surface area (Å²) in [6.07, 6.45) is 0. The van der Waals surface area contributed by atoms with Crippen LogP contribution in [-0.4, -0.2) is 32.1 Å². The normalized spacial score (nSPS) is 21.6. The van der Waals surface area contributed by atoms with Crippen molar-refractivity contribution >= 4 is 23.2 Å². The van der Waals surface area contributed by atoms with Crippen LogP contribution in [0.1, 0.15) is 15.8 Å². The molecule has 0 aliphatic carbocycles. The van der Waals surface area contributed by atoms with Gasteiger partial charge in [0.1, 0.15) is 6.04 Å². The van der Waals surface area contributed by atoms with Crippen LogP contribution in [0.25, 0.3) is 0 Å². The number of nitrogens with zero attached hydrogens (tertiary/aromatic N) is 1. The summed E-state index contributed by atoms with van der Waals surface area (Å²) in [5.74, 6) is 0.478. The summed E-state index contributed by atoms with van der Waals surface area (Å²) in [4.78, 5) is 18.2. The van der Waals surface area contributed by atoms with E-state index in [-0.39, 0.29) is 11.9 Å². The molecule has 1 saturated heterocycles. The quantitative estimate of drug-likeness (QED) is 0.781. The first kappa shape index (κ1) is 12.1. The van der Waals surface area contributed by atoms with E-state index < -0.39 is 0 Å². The standard InChI is InChI=1S/C11H15N3O2S/c1-7-3-4-8(17-7)9-10(15)14-11(13-9)12-5-6-16-2/h3-4,9H,5-6H2,1-2H3,(H2,12,13,14,15). The van der Waals surface area contributed by atoms with Crippen LogP contribution in [0.5, 0.6) is 0 Å². The summed E-state index contributed by atoms with van der Waals surface area (Å²) in [6, 6.07) is 3.67. The Morgan fingerprint density at radius 3 is 3.00 bits per heavy atom. The van der Waals surface area contributed by atoms with Crippen molar-refractivity contribution in [2.24, 2.45) is 4.99 Å². The minimum Gasteiger partial charge on any atom is -0.383 e. The van der Waals surface area contributed by atoms with Crippen molar-refractivity contribution in [1.82, 2.24) is 10.6 Å². The number of carbonyl (C=O) groups excluding carboxylic acids is 1. The van der Waals surface area contributed by atoms with Crippen LogP contribution < -0.4 is 10.6 Å². The molecular weight excluding hydrogens is 238 g/mol. The molecule has 0 spiro atoms. The maximum absolute atomic E-state index is 11.7. The number of aryl methyl sites for hydroxylation is 1. The van der Waals surface area contributed by atoms with Gasteiger partial charge >= 0.3 is 0 Å². The third kappa shape index (κ3) is 2.83. The van der Waals surface area contributed by atoms with Gasteiger partial charge in [0.2, 0.25) is 0 Å². The fourth-order valence-electron chi connectivity index (χ4n) is 1.57. The molecule has 1 aromatic heterocycles. The van der Waals surface area contributed by atoms with Crippen LogP contribution in [-0.2, 0) is 9.53 Å².